The molecular formula is C17H22N2O5S. The van der Waals surface area contributed by atoms with Gasteiger partial charge in [-0.3, -0.25) is 9.59 Å². The van der Waals surface area contributed by atoms with E-state index in [0.29, 0.717) is 5.56 Å². The summed E-state index contributed by atoms with van der Waals surface area (Å²) < 4.78 is 26.9. The smallest absolute Gasteiger partial charge is 0.308 e. The van der Waals surface area contributed by atoms with Gasteiger partial charge in [0.25, 0.3) is 5.91 Å². The number of benzene rings is 1. The predicted octanol–water partition coefficient (Wildman–Crippen LogP) is 1.45. The van der Waals surface area contributed by atoms with Gasteiger partial charge in [-0.05, 0) is 49.9 Å². The molecule has 136 valence electrons. The Labute approximate surface area is 147 Å². The van der Waals surface area contributed by atoms with E-state index < -0.39 is 21.9 Å². The van der Waals surface area contributed by atoms with E-state index in [1.54, 1.807) is 11.8 Å². The van der Waals surface area contributed by atoms with Crippen molar-refractivity contribution in [3.05, 3.63) is 29.8 Å². The minimum atomic E-state index is -3.55. The fourth-order valence-electron chi connectivity index (χ4n) is 2.59. The third-order valence-corrected chi connectivity index (χ3v) is 5.99. The Morgan fingerprint density at radius 3 is 2.28 bits per heavy atom. The van der Waals surface area contributed by atoms with Gasteiger partial charge in [-0.1, -0.05) is 6.92 Å². The van der Waals surface area contributed by atoms with Crippen molar-refractivity contribution in [3.63, 3.8) is 0 Å². The second-order valence-corrected chi connectivity index (χ2v) is 8.56. The van der Waals surface area contributed by atoms with Crippen LogP contribution in [0.25, 0.3) is 0 Å². The first kappa shape index (κ1) is 17.9. The largest absolute Gasteiger partial charge is 0.481 e. The molecule has 2 N–H and O–H groups in total. The third kappa shape index (κ3) is 4.38. The van der Waals surface area contributed by atoms with E-state index in [1.807, 2.05) is 0 Å². The molecule has 2 fully saturated rings. The van der Waals surface area contributed by atoms with Gasteiger partial charge in [-0.2, -0.15) is 0 Å². The van der Waals surface area contributed by atoms with Gasteiger partial charge in [-0.15, -0.1) is 0 Å². The van der Waals surface area contributed by atoms with Gasteiger partial charge in [0.15, 0.2) is 0 Å². The highest BCUT2D eigenvalue weighted by atomic mass is 32.2. The van der Waals surface area contributed by atoms with Gasteiger partial charge in [0.05, 0.1) is 10.8 Å². The second-order valence-electron chi connectivity index (χ2n) is 6.85. The lowest BCUT2D eigenvalue weighted by molar-refractivity contribution is -0.141. The van der Waals surface area contributed by atoms with E-state index in [1.165, 1.54) is 24.3 Å². The number of carboxylic acid groups (broad SMARTS) is 1. The molecule has 8 heteroatoms. The number of carboxylic acids is 1. The minimum Gasteiger partial charge on any atom is -0.481 e. The number of sulfonamides is 1. The average molecular weight is 366 g/mol. The van der Waals surface area contributed by atoms with E-state index in [9.17, 15) is 18.0 Å². The van der Waals surface area contributed by atoms with Crippen molar-refractivity contribution < 1.29 is 23.1 Å². The normalized spacial score (nSPS) is 18.6. The molecule has 7 nitrogen and oxygen atoms in total. The van der Waals surface area contributed by atoms with Gasteiger partial charge in [0.1, 0.15) is 0 Å². The van der Waals surface area contributed by atoms with Crippen LogP contribution in [0.2, 0.25) is 0 Å². The molecule has 2 saturated carbocycles. The Bertz CT molecular complexity index is 767. The van der Waals surface area contributed by atoms with Crippen LogP contribution in [0.5, 0.6) is 0 Å². The molecule has 1 aromatic rings. The molecule has 0 heterocycles. The molecule has 2 aliphatic rings. The molecule has 1 aromatic carbocycles. The predicted molar refractivity (Wildman–Crippen MR) is 90.6 cm³/mol. The van der Waals surface area contributed by atoms with Crippen LogP contribution in [0.4, 0.5) is 0 Å². The van der Waals surface area contributed by atoms with E-state index in [4.69, 9.17) is 5.11 Å². The first-order chi connectivity index (χ1) is 11.8. The molecule has 0 spiro atoms. The SMILES string of the molecule is CC(CN(C(=O)c1ccc(S(=O)(=O)NC2CC2)cc1)C1CC1)C(=O)O. The van der Waals surface area contributed by atoms with Crippen molar-refractivity contribution in [2.45, 2.75) is 49.6 Å². The molecule has 1 unspecified atom stereocenters. The Morgan fingerprint density at radius 1 is 1.20 bits per heavy atom. The first-order valence-corrected chi connectivity index (χ1v) is 9.92. The molecule has 2 aliphatic carbocycles. The summed E-state index contributed by atoms with van der Waals surface area (Å²) in [5.41, 5.74) is 0.370. The maximum atomic E-state index is 12.7. The summed E-state index contributed by atoms with van der Waals surface area (Å²) in [6.45, 7) is 1.73. The number of carbonyl (C=O) groups is 2. The molecule has 0 aliphatic heterocycles. The number of hydrogen-bond donors (Lipinski definition) is 2. The minimum absolute atomic E-state index is 0.0224. The van der Waals surface area contributed by atoms with Gasteiger partial charge in [-0.25, -0.2) is 13.1 Å². The van der Waals surface area contributed by atoms with E-state index in [-0.39, 0.29) is 29.4 Å². The van der Waals surface area contributed by atoms with Gasteiger partial charge < -0.3 is 10.0 Å². The number of hydrogen-bond acceptors (Lipinski definition) is 4. The Hall–Kier alpha value is -1.93. The standard InChI is InChI=1S/C17H22N2O5S/c1-11(17(21)22)10-19(14-6-7-14)16(20)12-2-8-15(9-3-12)25(23,24)18-13-4-5-13/h2-3,8-9,11,13-14,18H,4-7,10H2,1H3,(H,21,22). The molecule has 0 aromatic heterocycles. The summed E-state index contributed by atoms with van der Waals surface area (Å²) >= 11 is 0. The zero-order valence-electron chi connectivity index (χ0n) is 14.0. The topological polar surface area (TPSA) is 104 Å². The summed E-state index contributed by atoms with van der Waals surface area (Å²) in [6, 6.07) is 5.92. The first-order valence-electron chi connectivity index (χ1n) is 8.44. The van der Waals surface area contributed by atoms with Crippen LogP contribution in [0.15, 0.2) is 29.2 Å². The highest BCUT2D eigenvalue weighted by molar-refractivity contribution is 7.89. The molecule has 3 rings (SSSR count). The number of nitrogens with one attached hydrogen (secondary N) is 1. The van der Waals surface area contributed by atoms with Crippen LogP contribution < -0.4 is 4.72 Å². The van der Waals surface area contributed by atoms with Crippen molar-refractivity contribution in [2.24, 2.45) is 5.92 Å². The van der Waals surface area contributed by atoms with Crippen molar-refractivity contribution >= 4 is 21.9 Å². The highest BCUT2D eigenvalue weighted by Crippen LogP contribution is 2.29. The molecule has 0 radical (unpaired) electrons. The van der Waals surface area contributed by atoms with Crippen LogP contribution in [-0.2, 0) is 14.8 Å². The Balaban J connectivity index is 1.73. The Kier molecular flexibility index (Phi) is 4.83. The third-order valence-electron chi connectivity index (χ3n) is 4.45. The summed E-state index contributed by atoms with van der Waals surface area (Å²) in [5.74, 6) is -1.84. The average Bonchev–Trinajstić information content (AvgIpc) is 3.46. The summed E-state index contributed by atoms with van der Waals surface area (Å²) in [6.07, 6.45) is 3.45. The molecular weight excluding hydrogens is 344 g/mol. The number of carbonyl (C=O) groups excluding carboxylic acids is 1. The zero-order chi connectivity index (χ0) is 18.2. The summed E-state index contributed by atoms with van der Waals surface area (Å²) in [4.78, 5) is 25.5. The van der Waals surface area contributed by atoms with Crippen LogP contribution >= 0.6 is 0 Å². The van der Waals surface area contributed by atoms with E-state index in [2.05, 4.69) is 4.72 Å². The monoisotopic (exact) mass is 366 g/mol. The van der Waals surface area contributed by atoms with Crippen LogP contribution in [0, 0.1) is 5.92 Å². The van der Waals surface area contributed by atoms with Gasteiger partial charge in [0.2, 0.25) is 10.0 Å². The second kappa shape index (κ2) is 6.76. The summed E-state index contributed by atoms with van der Waals surface area (Å²) in [5, 5.41) is 9.08. The highest BCUT2D eigenvalue weighted by Gasteiger charge is 2.35. The van der Waals surface area contributed by atoms with Crippen LogP contribution in [0.1, 0.15) is 43.0 Å². The lowest BCUT2D eigenvalue weighted by Crippen LogP contribution is -2.38. The van der Waals surface area contributed by atoms with Crippen molar-refractivity contribution in [1.82, 2.24) is 9.62 Å². The van der Waals surface area contributed by atoms with E-state index in [0.717, 1.165) is 25.7 Å². The molecule has 25 heavy (non-hydrogen) atoms. The lowest BCUT2D eigenvalue weighted by atomic mass is 10.1. The van der Waals surface area contributed by atoms with Crippen LogP contribution in [-0.4, -0.2) is 48.9 Å². The van der Waals surface area contributed by atoms with Crippen molar-refractivity contribution in [1.29, 1.82) is 0 Å². The molecule has 1 amide bonds. The number of rotatable bonds is 8. The molecule has 0 bridgehead atoms. The van der Waals surface area contributed by atoms with Gasteiger partial charge >= 0.3 is 5.97 Å². The lowest BCUT2D eigenvalue weighted by Gasteiger charge is -2.24. The van der Waals surface area contributed by atoms with Crippen molar-refractivity contribution in [2.75, 3.05) is 6.54 Å². The zero-order valence-corrected chi connectivity index (χ0v) is 14.8. The van der Waals surface area contributed by atoms with E-state index >= 15 is 0 Å². The molecule has 0 saturated heterocycles. The molecule has 1 atom stereocenters. The number of nitrogens with zero attached hydrogens (tertiary/aromatic N) is 1. The maximum Gasteiger partial charge on any atom is 0.308 e. The summed E-state index contributed by atoms with van der Waals surface area (Å²) in [7, 11) is -3.55. The maximum absolute atomic E-state index is 12.7. The fourth-order valence-corrected chi connectivity index (χ4v) is 3.89. The van der Waals surface area contributed by atoms with Crippen molar-refractivity contribution in [3.8, 4) is 0 Å². The van der Waals surface area contributed by atoms with Gasteiger partial charge in [0, 0.05) is 24.2 Å². The van der Waals surface area contributed by atoms with Crippen LogP contribution in [0.3, 0.4) is 0 Å². The fraction of sp³-hybridized carbons (Fsp3) is 0.529. The quantitative estimate of drug-likeness (QED) is 0.725. The number of aliphatic carboxylic acids is 1. The number of amides is 1. The Morgan fingerprint density at radius 2 is 1.80 bits per heavy atom.